The van der Waals surface area contributed by atoms with E-state index >= 15 is 0 Å². The quantitative estimate of drug-likeness (QED) is 0.630. The monoisotopic (exact) mass is 268 g/mol. The molecule has 0 radical (unpaired) electrons. The molecular formula is C12H17ClN4O. The normalized spacial score (nSPS) is 11.7. The number of rotatable bonds is 5. The minimum atomic E-state index is -0.675. The van der Waals surface area contributed by atoms with E-state index in [1.807, 2.05) is 31.1 Å². The van der Waals surface area contributed by atoms with E-state index in [-0.39, 0.29) is 0 Å². The fraction of sp³-hybridized carbons (Fsp3) is 0.333. The van der Waals surface area contributed by atoms with Crippen LogP contribution in [0.15, 0.2) is 29.4 Å². The van der Waals surface area contributed by atoms with E-state index in [0.29, 0.717) is 11.4 Å². The average molecular weight is 269 g/mol. The van der Waals surface area contributed by atoms with E-state index in [0.717, 1.165) is 17.8 Å². The van der Waals surface area contributed by atoms with Crippen molar-refractivity contribution in [3.63, 3.8) is 0 Å². The van der Waals surface area contributed by atoms with Crippen molar-refractivity contribution in [2.24, 2.45) is 10.8 Å². The Labute approximate surface area is 112 Å². The van der Waals surface area contributed by atoms with Crippen LogP contribution in [0.5, 0.6) is 0 Å². The summed E-state index contributed by atoms with van der Waals surface area (Å²) in [6.07, 6.45) is 0.703. The summed E-state index contributed by atoms with van der Waals surface area (Å²) in [5.41, 5.74) is 8.94. The second-order valence-corrected chi connectivity index (χ2v) is 4.53. The molecule has 0 atom stereocenters. The predicted octanol–water partition coefficient (Wildman–Crippen LogP) is 1.66. The summed E-state index contributed by atoms with van der Waals surface area (Å²) < 4.78 is 0. The Kier molecular flexibility index (Phi) is 5.61. The van der Waals surface area contributed by atoms with Gasteiger partial charge in [0.15, 0.2) is 0 Å². The number of urea groups is 1. The molecule has 18 heavy (non-hydrogen) atoms. The Morgan fingerprint density at radius 2 is 2.00 bits per heavy atom. The summed E-state index contributed by atoms with van der Waals surface area (Å²) in [5, 5.41) is 4.68. The molecule has 0 aliphatic heterocycles. The van der Waals surface area contributed by atoms with Crippen LogP contribution in [0.2, 0.25) is 5.02 Å². The molecule has 0 saturated heterocycles. The Morgan fingerprint density at radius 3 is 2.50 bits per heavy atom. The Bertz CT molecular complexity index is 428. The minimum Gasteiger partial charge on any atom is -0.350 e. The number of halogens is 1. The maximum atomic E-state index is 10.7. The number of hydrogen-bond donors (Lipinski definition) is 2. The Hall–Kier alpha value is -1.59. The zero-order valence-electron chi connectivity index (χ0n) is 10.5. The second kappa shape index (κ2) is 6.98. The highest BCUT2D eigenvalue weighted by Crippen LogP contribution is 2.11. The molecule has 6 heteroatoms. The largest absolute Gasteiger partial charge is 0.350 e. The average Bonchev–Trinajstić information content (AvgIpc) is 2.30. The minimum absolute atomic E-state index is 0.661. The number of benzene rings is 1. The van der Waals surface area contributed by atoms with E-state index < -0.39 is 6.03 Å². The molecule has 0 heterocycles. The van der Waals surface area contributed by atoms with Crippen LogP contribution in [-0.2, 0) is 0 Å². The molecule has 0 aliphatic rings. The summed E-state index contributed by atoms with van der Waals surface area (Å²) in [7, 11) is 3.95. The molecule has 1 aromatic rings. The maximum Gasteiger partial charge on any atom is 0.332 e. The van der Waals surface area contributed by atoms with Gasteiger partial charge in [-0.25, -0.2) is 10.2 Å². The van der Waals surface area contributed by atoms with E-state index in [4.69, 9.17) is 17.3 Å². The lowest BCUT2D eigenvalue weighted by atomic mass is 10.1. The molecule has 0 aliphatic carbocycles. The Balaban J connectivity index is 2.85. The molecule has 0 aromatic heterocycles. The number of hydrazone groups is 1. The molecule has 0 unspecified atom stereocenters. The fourth-order valence-electron chi connectivity index (χ4n) is 1.36. The molecule has 1 aromatic carbocycles. The molecule has 3 N–H and O–H groups in total. The molecule has 0 saturated carbocycles. The van der Waals surface area contributed by atoms with E-state index in [9.17, 15) is 4.79 Å². The second-order valence-electron chi connectivity index (χ2n) is 4.09. The van der Waals surface area contributed by atoms with Crippen LogP contribution in [-0.4, -0.2) is 37.3 Å². The van der Waals surface area contributed by atoms with Gasteiger partial charge in [-0.3, -0.25) is 0 Å². The summed E-state index contributed by atoms with van der Waals surface area (Å²) in [6, 6.07) is 6.61. The highest BCUT2D eigenvalue weighted by Gasteiger charge is 2.05. The van der Waals surface area contributed by atoms with Crippen LogP contribution in [0, 0.1) is 0 Å². The fourth-order valence-corrected chi connectivity index (χ4v) is 1.49. The summed E-state index contributed by atoms with van der Waals surface area (Å²) in [6.45, 7) is 0.821. The lowest BCUT2D eigenvalue weighted by Gasteiger charge is -2.11. The molecule has 98 valence electrons. The summed E-state index contributed by atoms with van der Waals surface area (Å²) >= 11 is 5.83. The van der Waals surface area contributed by atoms with Gasteiger partial charge in [0.2, 0.25) is 0 Å². The van der Waals surface area contributed by atoms with Gasteiger partial charge in [-0.05, 0) is 31.8 Å². The van der Waals surface area contributed by atoms with Crippen molar-refractivity contribution < 1.29 is 4.79 Å². The molecule has 0 bridgehead atoms. The number of carbonyl (C=O) groups is 1. The molecule has 2 amide bonds. The van der Waals surface area contributed by atoms with Gasteiger partial charge in [0.25, 0.3) is 0 Å². The molecule has 5 nitrogen and oxygen atoms in total. The number of nitrogens with zero attached hydrogens (tertiary/aromatic N) is 2. The maximum absolute atomic E-state index is 10.7. The Morgan fingerprint density at radius 1 is 1.39 bits per heavy atom. The number of hydrogen-bond acceptors (Lipinski definition) is 3. The first kappa shape index (κ1) is 14.5. The topological polar surface area (TPSA) is 70.7 Å². The highest BCUT2D eigenvalue weighted by atomic mass is 35.5. The number of carbonyl (C=O) groups excluding carboxylic acids is 1. The third kappa shape index (κ3) is 5.16. The molecule has 0 fully saturated rings. The van der Waals surface area contributed by atoms with Crippen molar-refractivity contribution in [1.82, 2.24) is 10.3 Å². The highest BCUT2D eigenvalue weighted by molar-refractivity contribution is 6.30. The molecular weight excluding hydrogens is 252 g/mol. The van der Waals surface area contributed by atoms with Gasteiger partial charge in [-0.1, -0.05) is 23.7 Å². The standard InChI is InChI=1S/C12H17ClN4O/c1-17(2)8-7-11(15-16-12(14)18)9-3-5-10(13)6-4-9/h3-6H,7-8H2,1-2H3,(H3,14,16,18)/b15-11+. The first-order chi connectivity index (χ1) is 8.49. The summed E-state index contributed by atoms with van der Waals surface area (Å²) in [4.78, 5) is 12.7. The van der Waals surface area contributed by atoms with E-state index in [2.05, 4.69) is 10.5 Å². The smallest absolute Gasteiger partial charge is 0.332 e. The first-order valence-electron chi connectivity index (χ1n) is 5.51. The van der Waals surface area contributed by atoms with Gasteiger partial charge >= 0.3 is 6.03 Å². The number of primary amides is 1. The third-order valence-electron chi connectivity index (χ3n) is 2.27. The predicted molar refractivity (Wildman–Crippen MR) is 73.9 cm³/mol. The van der Waals surface area contributed by atoms with E-state index in [1.165, 1.54) is 0 Å². The van der Waals surface area contributed by atoms with Gasteiger partial charge in [0.05, 0.1) is 5.71 Å². The van der Waals surface area contributed by atoms with Crippen molar-refractivity contribution in [3.8, 4) is 0 Å². The van der Waals surface area contributed by atoms with Crippen LogP contribution >= 0.6 is 11.6 Å². The van der Waals surface area contributed by atoms with Crippen LogP contribution < -0.4 is 11.2 Å². The van der Waals surface area contributed by atoms with Crippen molar-refractivity contribution in [2.75, 3.05) is 20.6 Å². The van der Waals surface area contributed by atoms with Crippen LogP contribution in [0.4, 0.5) is 4.79 Å². The van der Waals surface area contributed by atoms with Crippen molar-refractivity contribution in [3.05, 3.63) is 34.9 Å². The van der Waals surface area contributed by atoms with Crippen molar-refractivity contribution in [1.29, 1.82) is 0 Å². The van der Waals surface area contributed by atoms with E-state index in [1.54, 1.807) is 12.1 Å². The number of nitrogens with one attached hydrogen (secondary N) is 1. The first-order valence-corrected chi connectivity index (χ1v) is 5.89. The van der Waals surface area contributed by atoms with Gasteiger partial charge in [0, 0.05) is 18.0 Å². The zero-order chi connectivity index (χ0) is 13.5. The molecule has 1 rings (SSSR count). The van der Waals surface area contributed by atoms with Gasteiger partial charge in [0.1, 0.15) is 0 Å². The van der Waals surface area contributed by atoms with Gasteiger partial charge in [-0.15, -0.1) is 0 Å². The van der Waals surface area contributed by atoms with Crippen molar-refractivity contribution >= 4 is 23.3 Å². The SMILES string of the molecule is CN(C)CC/C(=N\NC(N)=O)c1ccc(Cl)cc1. The van der Waals surface area contributed by atoms with Crippen LogP contribution in [0.1, 0.15) is 12.0 Å². The lowest BCUT2D eigenvalue weighted by Crippen LogP contribution is -2.27. The zero-order valence-corrected chi connectivity index (χ0v) is 11.2. The third-order valence-corrected chi connectivity index (χ3v) is 2.53. The van der Waals surface area contributed by atoms with Crippen molar-refractivity contribution in [2.45, 2.75) is 6.42 Å². The van der Waals surface area contributed by atoms with Crippen LogP contribution in [0.25, 0.3) is 0 Å². The summed E-state index contributed by atoms with van der Waals surface area (Å²) in [5.74, 6) is 0. The number of nitrogens with two attached hydrogens (primary N) is 1. The van der Waals surface area contributed by atoms with Gasteiger partial charge in [-0.2, -0.15) is 5.10 Å². The lowest BCUT2D eigenvalue weighted by molar-refractivity contribution is 0.249. The van der Waals surface area contributed by atoms with Crippen LogP contribution in [0.3, 0.4) is 0 Å². The number of amides is 2. The van der Waals surface area contributed by atoms with Gasteiger partial charge < -0.3 is 10.6 Å². The molecule has 0 spiro atoms.